The Balaban J connectivity index is 2.47. The predicted molar refractivity (Wildman–Crippen MR) is 45.9 cm³/mol. The van der Waals surface area contributed by atoms with Crippen LogP contribution in [0, 0.1) is 5.89 Å². The molecule has 0 spiro atoms. The van der Waals surface area contributed by atoms with Gasteiger partial charge in [-0.2, -0.15) is 0 Å². The van der Waals surface area contributed by atoms with Crippen LogP contribution < -0.4 is 0 Å². The minimum atomic E-state index is -0.416. The van der Waals surface area contributed by atoms with E-state index >= 15 is 0 Å². The maximum atomic E-state index is 8.00. The van der Waals surface area contributed by atoms with Gasteiger partial charge in [0, 0.05) is 1.37 Å². The Labute approximate surface area is 66.4 Å². The third kappa shape index (κ3) is 2.38. The topological polar surface area (TPSA) is 0 Å². The molecule has 1 aliphatic carbocycles. The van der Waals surface area contributed by atoms with Crippen LogP contribution in [0.25, 0.3) is 0 Å². The fourth-order valence-corrected chi connectivity index (χ4v) is 1.08. The quantitative estimate of drug-likeness (QED) is 0.561. The van der Waals surface area contributed by atoms with Crippen molar-refractivity contribution in [2.24, 2.45) is 5.89 Å². The lowest BCUT2D eigenvalue weighted by Crippen LogP contribution is -1.96. The molecule has 0 amide bonds. The van der Waals surface area contributed by atoms with Crippen LogP contribution in [0.5, 0.6) is 0 Å². The fourth-order valence-electron chi connectivity index (χ4n) is 1.08. The van der Waals surface area contributed by atoms with E-state index in [0.29, 0.717) is 12.5 Å². The van der Waals surface area contributed by atoms with Gasteiger partial charge in [0.25, 0.3) is 0 Å². The molecule has 1 aliphatic rings. The molecule has 0 bridgehead atoms. The normalized spacial score (nSPS) is 34.7. The summed E-state index contributed by atoms with van der Waals surface area (Å²) in [4.78, 5) is 0. The Morgan fingerprint density at radius 2 is 2.70 bits per heavy atom. The standard InChI is InChI=1S/C10H16/c1-2-3-7-10-8-5-4-6-9-10/h4-6,8,10H,2-3,7,9H2,1H3/i4D,10D. The minimum Gasteiger partial charge on any atom is -0.0840 e. The minimum absolute atomic E-state index is 0.416. The second-order valence-electron chi connectivity index (χ2n) is 2.67. The van der Waals surface area contributed by atoms with Crippen LogP contribution in [-0.4, -0.2) is 0 Å². The first-order valence-corrected chi connectivity index (χ1v) is 4.02. The molecule has 56 valence electrons. The summed E-state index contributed by atoms with van der Waals surface area (Å²) < 4.78 is 15.3. The summed E-state index contributed by atoms with van der Waals surface area (Å²) in [5, 5.41) is 0. The molecule has 0 N–H and O–H groups in total. The van der Waals surface area contributed by atoms with Gasteiger partial charge in [0.05, 0.1) is 1.37 Å². The van der Waals surface area contributed by atoms with Crippen molar-refractivity contribution >= 4 is 0 Å². The van der Waals surface area contributed by atoms with Crippen molar-refractivity contribution in [1.29, 1.82) is 0 Å². The number of hydrogen-bond acceptors (Lipinski definition) is 0. The van der Waals surface area contributed by atoms with Crippen molar-refractivity contribution in [2.45, 2.75) is 32.6 Å². The molecule has 0 saturated heterocycles. The van der Waals surface area contributed by atoms with E-state index in [1.807, 2.05) is 12.2 Å². The Hall–Kier alpha value is -0.520. The second-order valence-corrected chi connectivity index (χ2v) is 2.67. The molecule has 0 fully saturated rings. The van der Waals surface area contributed by atoms with Crippen molar-refractivity contribution in [3.63, 3.8) is 0 Å². The molecular weight excluding hydrogens is 120 g/mol. The monoisotopic (exact) mass is 138 g/mol. The molecule has 1 atom stereocenters. The van der Waals surface area contributed by atoms with Crippen molar-refractivity contribution < 1.29 is 2.74 Å². The third-order valence-corrected chi connectivity index (χ3v) is 1.75. The van der Waals surface area contributed by atoms with Crippen molar-refractivity contribution in [1.82, 2.24) is 0 Å². The highest BCUT2D eigenvalue weighted by Crippen LogP contribution is 2.17. The summed E-state index contributed by atoms with van der Waals surface area (Å²) in [6.45, 7) is 2.14. The molecule has 0 nitrogen and oxygen atoms in total. The average Bonchev–Trinajstić information content (AvgIpc) is 2.08. The highest BCUT2D eigenvalue weighted by Gasteiger charge is 2.02. The third-order valence-electron chi connectivity index (χ3n) is 1.75. The first-order valence-electron chi connectivity index (χ1n) is 5.02. The lowest BCUT2D eigenvalue weighted by molar-refractivity contribution is 0.558. The van der Waals surface area contributed by atoms with Gasteiger partial charge >= 0.3 is 0 Å². The predicted octanol–water partition coefficient (Wildman–Crippen LogP) is 3.31. The van der Waals surface area contributed by atoms with Gasteiger partial charge in [0.2, 0.25) is 0 Å². The summed E-state index contributed by atoms with van der Waals surface area (Å²) in [6.07, 6.45) is 9.33. The van der Waals surface area contributed by atoms with Gasteiger partial charge in [0.1, 0.15) is 0 Å². The summed E-state index contributed by atoms with van der Waals surface area (Å²) in [5.74, 6) is -0.416. The van der Waals surface area contributed by atoms with Crippen LogP contribution in [-0.2, 0) is 0 Å². The molecule has 0 heterocycles. The van der Waals surface area contributed by atoms with Crippen molar-refractivity contribution in [3.05, 3.63) is 24.3 Å². The molecule has 1 unspecified atom stereocenters. The molecular formula is C10H16. The largest absolute Gasteiger partial charge is 0.0840 e. The van der Waals surface area contributed by atoms with E-state index in [4.69, 9.17) is 2.74 Å². The van der Waals surface area contributed by atoms with Crippen LogP contribution in [0.2, 0.25) is 0 Å². The molecule has 0 aromatic carbocycles. The van der Waals surface area contributed by atoms with E-state index in [9.17, 15) is 0 Å². The van der Waals surface area contributed by atoms with E-state index in [0.717, 1.165) is 19.3 Å². The van der Waals surface area contributed by atoms with Gasteiger partial charge < -0.3 is 0 Å². The number of rotatable bonds is 3. The van der Waals surface area contributed by atoms with E-state index in [1.165, 1.54) is 0 Å². The first kappa shape index (κ1) is 5.17. The molecule has 0 aromatic rings. The van der Waals surface area contributed by atoms with E-state index in [-0.39, 0.29) is 0 Å². The highest BCUT2D eigenvalue weighted by molar-refractivity contribution is 5.10. The Bertz CT molecular complexity index is 206. The lowest BCUT2D eigenvalue weighted by atomic mass is 9.95. The number of hydrogen-bond donors (Lipinski definition) is 0. The van der Waals surface area contributed by atoms with Gasteiger partial charge in [-0.05, 0) is 18.7 Å². The molecule has 10 heavy (non-hydrogen) atoms. The Kier molecular flexibility index (Phi) is 2.23. The maximum absolute atomic E-state index is 8.00. The van der Waals surface area contributed by atoms with Crippen LogP contribution in [0.4, 0.5) is 0 Å². The van der Waals surface area contributed by atoms with Crippen LogP contribution >= 0.6 is 0 Å². The van der Waals surface area contributed by atoms with Gasteiger partial charge in [-0.1, -0.05) is 44.0 Å². The van der Waals surface area contributed by atoms with Crippen LogP contribution in [0.1, 0.15) is 35.3 Å². The van der Waals surface area contributed by atoms with Crippen molar-refractivity contribution in [3.8, 4) is 0 Å². The molecule has 0 heteroatoms. The summed E-state index contributed by atoms with van der Waals surface area (Å²) >= 11 is 0. The SMILES string of the molecule is [2H]C1=CCC([2H])(CCCC)C=C1. The molecule has 0 saturated carbocycles. The molecule has 1 rings (SSSR count). The van der Waals surface area contributed by atoms with E-state index < -0.39 is 5.89 Å². The zero-order valence-corrected chi connectivity index (χ0v) is 6.56. The molecule has 0 aromatic heterocycles. The lowest BCUT2D eigenvalue weighted by Gasteiger charge is -2.10. The van der Waals surface area contributed by atoms with Gasteiger partial charge in [-0.15, -0.1) is 0 Å². The van der Waals surface area contributed by atoms with Crippen LogP contribution in [0.3, 0.4) is 0 Å². The fraction of sp³-hybridized carbons (Fsp3) is 0.600. The average molecular weight is 138 g/mol. The van der Waals surface area contributed by atoms with Gasteiger partial charge in [0.15, 0.2) is 0 Å². The molecule has 0 radical (unpaired) electrons. The van der Waals surface area contributed by atoms with Crippen LogP contribution in [0.15, 0.2) is 24.3 Å². The number of unbranched alkanes of at least 4 members (excludes halogenated alkanes) is 1. The summed E-state index contributed by atoms with van der Waals surface area (Å²) in [5.41, 5.74) is 0. The highest BCUT2D eigenvalue weighted by atomic mass is 14.1. The Morgan fingerprint density at radius 1 is 1.80 bits per heavy atom. The zero-order valence-electron chi connectivity index (χ0n) is 8.56. The smallest absolute Gasteiger partial charge is 0.0619 e. The van der Waals surface area contributed by atoms with Gasteiger partial charge in [-0.3, -0.25) is 0 Å². The van der Waals surface area contributed by atoms with E-state index in [1.54, 1.807) is 6.08 Å². The van der Waals surface area contributed by atoms with Gasteiger partial charge in [-0.25, -0.2) is 0 Å². The maximum Gasteiger partial charge on any atom is 0.0619 e. The summed E-state index contributed by atoms with van der Waals surface area (Å²) in [7, 11) is 0. The van der Waals surface area contributed by atoms with E-state index in [2.05, 4.69) is 6.92 Å². The Morgan fingerprint density at radius 3 is 3.30 bits per heavy atom. The number of allylic oxidation sites excluding steroid dienone is 4. The zero-order chi connectivity index (χ0) is 9.03. The second kappa shape index (κ2) is 4.32. The molecule has 0 aliphatic heterocycles. The first-order chi connectivity index (χ1) is 5.66. The van der Waals surface area contributed by atoms with Crippen molar-refractivity contribution in [2.75, 3.05) is 0 Å². The summed E-state index contributed by atoms with van der Waals surface area (Å²) in [6, 6.07) is 0.550.